The number of benzene rings is 2. The minimum Gasteiger partial charge on any atom is -0.496 e. The van der Waals surface area contributed by atoms with Gasteiger partial charge < -0.3 is 10.1 Å². The number of carbonyl (C=O) groups excluding carboxylic acids is 1. The number of nitrogens with one attached hydrogen (secondary N) is 1. The predicted octanol–water partition coefficient (Wildman–Crippen LogP) is 3.95. The zero-order valence-electron chi connectivity index (χ0n) is 10.8. The van der Waals surface area contributed by atoms with Gasteiger partial charge in [-0.25, -0.2) is 0 Å². The van der Waals surface area contributed by atoms with Gasteiger partial charge >= 0.3 is 0 Å². The number of para-hydroxylation sites is 1. The van der Waals surface area contributed by atoms with Gasteiger partial charge in [0, 0.05) is 26.9 Å². The molecule has 3 nitrogen and oxygen atoms in total. The smallest absolute Gasteiger partial charge is 0.256 e. The predicted molar refractivity (Wildman–Crippen MR) is 83.6 cm³/mol. The van der Waals surface area contributed by atoms with E-state index in [0.717, 1.165) is 27.0 Å². The molecule has 1 amide bonds. The van der Waals surface area contributed by atoms with E-state index < -0.39 is 0 Å². The molecular formula is C16H12BrNO2. The fraction of sp³-hybridized carbons (Fsp3) is 0.0625. The van der Waals surface area contributed by atoms with Crippen molar-refractivity contribution < 1.29 is 9.53 Å². The van der Waals surface area contributed by atoms with Crippen LogP contribution in [0.5, 0.6) is 5.75 Å². The molecule has 0 saturated heterocycles. The summed E-state index contributed by atoms with van der Waals surface area (Å²) in [5.74, 6) is 0.645. The van der Waals surface area contributed by atoms with Crippen LogP contribution < -0.4 is 10.1 Å². The summed E-state index contributed by atoms with van der Waals surface area (Å²) in [6, 6.07) is 13.4. The lowest BCUT2D eigenvalue weighted by Gasteiger charge is -2.06. The van der Waals surface area contributed by atoms with Crippen molar-refractivity contribution >= 4 is 39.2 Å². The summed E-state index contributed by atoms with van der Waals surface area (Å²) in [4.78, 5) is 12.1. The van der Waals surface area contributed by atoms with E-state index in [0.29, 0.717) is 5.57 Å². The van der Waals surface area contributed by atoms with Crippen LogP contribution in [0.15, 0.2) is 46.9 Å². The molecule has 100 valence electrons. The Hall–Kier alpha value is -2.07. The van der Waals surface area contributed by atoms with Gasteiger partial charge in [-0.05, 0) is 30.3 Å². The van der Waals surface area contributed by atoms with E-state index in [4.69, 9.17) is 4.74 Å². The maximum absolute atomic E-state index is 12.1. The van der Waals surface area contributed by atoms with E-state index in [-0.39, 0.29) is 5.91 Å². The Balaban J connectivity index is 2.13. The van der Waals surface area contributed by atoms with Gasteiger partial charge in [0.05, 0.1) is 7.11 Å². The third kappa shape index (κ3) is 2.23. The molecule has 0 radical (unpaired) electrons. The first-order valence-electron chi connectivity index (χ1n) is 6.15. The van der Waals surface area contributed by atoms with Gasteiger partial charge in [0.1, 0.15) is 5.75 Å². The second-order valence-corrected chi connectivity index (χ2v) is 5.36. The lowest BCUT2D eigenvalue weighted by molar-refractivity contribution is -0.110. The van der Waals surface area contributed by atoms with E-state index in [1.54, 1.807) is 7.11 Å². The molecule has 0 aliphatic carbocycles. The summed E-state index contributed by atoms with van der Waals surface area (Å²) < 4.78 is 6.28. The number of carbonyl (C=O) groups is 1. The van der Waals surface area contributed by atoms with Gasteiger partial charge in [0.15, 0.2) is 0 Å². The number of halogens is 1. The van der Waals surface area contributed by atoms with E-state index in [1.807, 2.05) is 48.5 Å². The van der Waals surface area contributed by atoms with Gasteiger partial charge in [-0.1, -0.05) is 34.1 Å². The molecule has 1 aliphatic rings. The first kappa shape index (κ1) is 12.9. The summed E-state index contributed by atoms with van der Waals surface area (Å²) in [5.41, 5.74) is 3.28. The highest BCUT2D eigenvalue weighted by molar-refractivity contribution is 9.10. The zero-order chi connectivity index (χ0) is 14.1. The van der Waals surface area contributed by atoms with E-state index in [2.05, 4.69) is 21.2 Å². The van der Waals surface area contributed by atoms with Crippen LogP contribution in [0.2, 0.25) is 0 Å². The summed E-state index contributed by atoms with van der Waals surface area (Å²) in [6.07, 6.45) is 1.85. The average Bonchev–Trinajstić information content (AvgIpc) is 2.76. The maximum atomic E-state index is 12.1. The van der Waals surface area contributed by atoms with Crippen molar-refractivity contribution in [3.8, 4) is 5.75 Å². The van der Waals surface area contributed by atoms with Gasteiger partial charge in [0.2, 0.25) is 0 Å². The second kappa shape index (κ2) is 5.13. The average molecular weight is 330 g/mol. The van der Waals surface area contributed by atoms with Gasteiger partial charge in [0.25, 0.3) is 5.91 Å². The summed E-state index contributed by atoms with van der Waals surface area (Å²) in [6.45, 7) is 0. The number of amides is 1. The Labute approximate surface area is 125 Å². The Kier molecular flexibility index (Phi) is 3.32. The zero-order valence-corrected chi connectivity index (χ0v) is 12.4. The molecule has 0 spiro atoms. The number of anilines is 1. The SMILES string of the molecule is COc1ccc(Br)cc1/C=C1\C(=O)Nc2ccccc21. The number of ether oxygens (including phenoxy) is 1. The molecule has 20 heavy (non-hydrogen) atoms. The summed E-state index contributed by atoms with van der Waals surface area (Å²) in [7, 11) is 1.62. The molecule has 3 rings (SSSR count). The van der Waals surface area contributed by atoms with Gasteiger partial charge in [-0.15, -0.1) is 0 Å². The minimum absolute atomic E-state index is 0.0896. The molecule has 2 aromatic rings. The van der Waals surface area contributed by atoms with E-state index in [9.17, 15) is 4.79 Å². The maximum Gasteiger partial charge on any atom is 0.256 e. The molecule has 2 aromatic carbocycles. The topological polar surface area (TPSA) is 38.3 Å². The van der Waals surface area contributed by atoms with Crippen LogP contribution in [0.3, 0.4) is 0 Å². The molecule has 0 unspecified atom stereocenters. The second-order valence-electron chi connectivity index (χ2n) is 4.44. The number of hydrogen-bond donors (Lipinski definition) is 1. The van der Waals surface area contributed by atoms with Crippen LogP contribution in [0.4, 0.5) is 5.69 Å². The van der Waals surface area contributed by atoms with Crippen molar-refractivity contribution in [2.75, 3.05) is 12.4 Å². The minimum atomic E-state index is -0.0896. The molecule has 0 fully saturated rings. The molecular weight excluding hydrogens is 318 g/mol. The molecule has 0 bridgehead atoms. The Morgan fingerprint density at radius 3 is 2.80 bits per heavy atom. The van der Waals surface area contributed by atoms with Crippen molar-refractivity contribution in [2.45, 2.75) is 0 Å². The summed E-state index contributed by atoms with van der Waals surface area (Å²) >= 11 is 3.44. The highest BCUT2D eigenvalue weighted by atomic mass is 79.9. The lowest BCUT2D eigenvalue weighted by Crippen LogP contribution is -2.03. The fourth-order valence-electron chi connectivity index (χ4n) is 2.26. The number of rotatable bonds is 2. The van der Waals surface area contributed by atoms with E-state index in [1.165, 1.54) is 0 Å². The molecule has 0 atom stereocenters. The Morgan fingerprint density at radius 1 is 1.20 bits per heavy atom. The Bertz CT molecular complexity index is 722. The quantitative estimate of drug-likeness (QED) is 0.847. The van der Waals surface area contributed by atoms with Crippen molar-refractivity contribution in [1.29, 1.82) is 0 Å². The molecule has 1 heterocycles. The first-order valence-corrected chi connectivity index (χ1v) is 6.94. The van der Waals surface area contributed by atoms with E-state index >= 15 is 0 Å². The number of methoxy groups -OCH3 is 1. The standard InChI is InChI=1S/C16H12BrNO2/c1-20-15-7-6-11(17)8-10(15)9-13-12-4-2-3-5-14(12)18-16(13)19/h2-9H,1H3,(H,18,19)/b13-9-. The first-order chi connectivity index (χ1) is 9.69. The van der Waals surface area contributed by atoms with Gasteiger partial charge in [-0.3, -0.25) is 4.79 Å². The lowest BCUT2D eigenvalue weighted by atomic mass is 10.0. The van der Waals surface area contributed by atoms with Crippen molar-refractivity contribution in [2.24, 2.45) is 0 Å². The normalized spacial score (nSPS) is 15.1. The monoisotopic (exact) mass is 329 g/mol. The molecule has 4 heteroatoms. The fourth-order valence-corrected chi connectivity index (χ4v) is 2.63. The third-order valence-corrected chi connectivity index (χ3v) is 3.69. The highest BCUT2D eigenvalue weighted by Gasteiger charge is 2.23. The van der Waals surface area contributed by atoms with Crippen LogP contribution >= 0.6 is 15.9 Å². The molecule has 0 aromatic heterocycles. The molecule has 1 N–H and O–H groups in total. The largest absolute Gasteiger partial charge is 0.496 e. The van der Waals surface area contributed by atoms with Crippen LogP contribution in [0.25, 0.3) is 11.6 Å². The number of hydrogen-bond acceptors (Lipinski definition) is 2. The highest BCUT2D eigenvalue weighted by Crippen LogP contribution is 2.34. The summed E-state index contributed by atoms with van der Waals surface area (Å²) in [5, 5.41) is 2.86. The number of fused-ring (bicyclic) bond motifs is 1. The van der Waals surface area contributed by atoms with Crippen molar-refractivity contribution in [3.05, 3.63) is 58.1 Å². The third-order valence-electron chi connectivity index (χ3n) is 3.20. The Morgan fingerprint density at radius 2 is 2.00 bits per heavy atom. The van der Waals surface area contributed by atoms with Crippen LogP contribution in [-0.2, 0) is 4.79 Å². The van der Waals surface area contributed by atoms with Gasteiger partial charge in [-0.2, -0.15) is 0 Å². The van der Waals surface area contributed by atoms with Crippen LogP contribution in [0.1, 0.15) is 11.1 Å². The van der Waals surface area contributed by atoms with Crippen molar-refractivity contribution in [1.82, 2.24) is 0 Å². The van der Waals surface area contributed by atoms with Crippen LogP contribution in [0, 0.1) is 0 Å². The molecule has 0 saturated carbocycles. The van der Waals surface area contributed by atoms with Crippen molar-refractivity contribution in [3.63, 3.8) is 0 Å². The van der Waals surface area contributed by atoms with Crippen LogP contribution in [-0.4, -0.2) is 13.0 Å². The molecule has 1 aliphatic heterocycles.